The number of carboxylic acid groups (broad SMARTS) is 1. The molecule has 0 aromatic carbocycles. The van der Waals surface area contributed by atoms with E-state index >= 15 is 0 Å². The Morgan fingerprint density at radius 2 is 2.12 bits per heavy atom. The second-order valence-electron chi connectivity index (χ2n) is 6.70. The molecular formula is C17H20N6O3. The van der Waals surface area contributed by atoms with Crippen molar-refractivity contribution in [1.82, 2.24) is 24.4 Å². The lowest BCUT2D eigenvalue weighted by Gasteiger charge is -2.45. The van der Waals surface area contributed by atoms with Gasteiger partial charge < -0.3 is 14.9 Å². The van der Waals surface area contributed by atoms with Crippen LogP contribution in [0.15, 0.2) is 29.5 Å². The smallest absolute Gasteiger partial charge is 0.407 e. The topological polar surface area (TPSA) is 104 Å². The third-order valence-corrected chi connectivity index (χ3v) is 5.37. The van der Waals surface area contributed by atoms with Crippen LogP contribution in [0.3, 0.4) is 0 Å². The van der Waals surface area contributed by atoms with Crippen LogP contribution in [0.2, 0.25) is 0 Å². The van der Waals surface area contributed by atoms with E-state index in [0.29, 0.717) is 43.5 Å². The highest BCUT2D eigenvalue weighted by atomic mass is 16.4. The molecule has 26 heavy (non-hydrogen) atoms. The molecule has 2 aromatic rings. The number of fused-ring (bicyclic) bond motifs is 1. The van der Waals surface area contributed by atoms with Crippen molar-refractivity contribution in [1.29, 1.82) is 0 Å². The van der Waals surface area contributed by atoms with Crippen LogP contribution in [0, 0.1) is 0 Å². The van der Waals surface area contributed by atoms with Crippen molar-refractivity contribution in [2.75, 3.05) is 24.5 Å². The molecule has 1 fully saturated rings. The largest absolute Gasteiger partial charge is 0.465 e. The Kier molecular flexibility index (Phi) is 3.86. The van der Waals surface area contributed by atoms with E-state index in [0.717, 1.165) is 12.8 Å². The highest BCUT2D eigenvalue weighted by Gasteiger charge is 2.47. The van der Waals surface area contributed by atoms with E-state index in [2.05, 4.69) is 14.9 Å². The van der Waals surface area contributed by atoms with Gasteiger partial charge in [0, 0.05) is 38.4 Å². The van der Waals surface area contributed by atoms with Gasteiger partial charge in [-0.25, -0.2) is 19.7 Å². The summed E-state index contributed by atoms with van der Waals surface area (Å²) < 4.78 is 1.67. The molecule has 4 rings (SSSR count). The first-order valence-corrected chi connectivity index (χ1v) is 8.68. The van der Waals surface area contributed by atoms with Gasteiger partial charge in [0.25, 0.3) is 5.56 Å². The monoisotopic (exact) mass is 356 g/mol. The number of hydrogen-bond acceptors (Lipinski definition) is 6. The summed E-state index contributed by atoms with van der Waals surface area (Å²) in [5.74, 6) is 0.590. The van der Waals surface area contributed by atoms with Crippen LogP contribution in [0.5, 0.6) is 0 Å². The highest BCUT2D eigenvalue weighted by Crippen LogP contribution is 2.38. The molecule has 0 radical (unpaired) electrons. The van der Waals surface area contributed by atoms with Crippen molar-refractivity contribution in [3.05, 3.63) is 35.0 Å². The molecule has 1 atom stereocenters. The van der Waals surface area contributed by atoms with Gasteiger partial charge in [0.2, 0.25) is 5.95 Å². The Labute approximate surface area is 149 Å². The molecule has 9 nitrogen and oxygen atoms in total. The van der Waals surface area contributed by atoms with E-state index in [1.54, 1.807) is 16.8 Å². The van der Waals surface area contributed by atoms with E-state index < -0.39 is 6.09 Å². The number of likely N-dealkylation sites (tertiary alicyclic amines) is 1. The van der Waals surface area contributed by atoms with Gasteiger partial charge >= 0.3 is 6.09 Å². The van der Waals surface area contributed by atoms with Gasteiger partial charge in [0.1, 0.15) is 6.33 Å². The number of likely N-dealkylation sites (N-methyl/N-ethyl adjacent to an activating group) is 1. The average Bonchev–Trinajstić information content (AvgIpc) is 3.07. The first-order chi connectivity index (χ1) is 12.5. The van der Waals surface area contributed by atoms with Crippen molar-refractivity contribution >= 4 is 12.0 Å². The second-order valence-corrected chi connectivity index (χ2v) is 6.70. The maximum atomic E-state index is 12.6. The molecule has 0 bridgehead atoms. The zero-order chi connectivity index (χ0) is 18.3. The van der Waals surface area contributed by atoms with Gasteiger partial charge in [-0.05, 0) is 25.8 Å². The summed E-state index contributed by atoms with van der Waals surface area (Å²) in [4.78, 5) is 40.4. The molecule has 4 heterocycles. The van der Waals surface area contributed by atoms with Gasteiger partial charge in [0.15, 0.2) is 0 Å². The number of anilines is 1. The van der Waals surface area contributed by atoms with E-state index in [1.807, 2.05) is 6.92 Å². The SMILES string of the molecule is CCN1c2nc(-c3ccncn3)cc(=O)n2CCC12CCN(C(=O)O)C2. The predicted molar refractivity (Wildman–Crippen MR) is 94.1 cm³/mol. The summed E-state index contributed by atoms with van der Waals surface area (Å²) in [5.41, 5.74) is 0.670. The zero-order valence-electron chi connectivity index (χ0n) is 14.5. The van der Waals surface area contributed by atoms with Gasteiger partial charge in [-0.2, -0.15) is 0 Å². The van der Waals surface area contributed by atoms with Crippen molar-refractivity contribution in [2.45, 2.75) is 31.8 Å². The van der Waals surface area contributed by atoms with Gasteiger partial charge in [-0.1, -0.05) is 0 Å². The highest BCUT2D eigenvalue weighted by molar-refractivity contribution is 5.66. The summed E-state index contributed by atoms with van der Waals surface area (Å²) in [7, 11) is 0. The fourth-order valence-electron chi connectivity index (χ4n) is 4.07. The Morgan fingerprint density at radius 3 is 2.77 bits per heavy atom. The molecule has 136 valence electrons. The normalized spacial score (nSPS) is 21.9. The zero-order valence-corrected chi connectivity index (χ0v) is 14.5. The molecule has 9 heteroatoms. The number of rotatable bonds is 2. The van der Waals surface area contributed by atoms with Crippen LogP contribution in [-0.2, 0) is 6.54 Å². The first kappa shape index (κ1) is 16.5. The lowest BCUT2D eigenvalue weighted by atomic mass is 9.90. The summed E-state index contributed by atoms with van der Waals surface area (Å²) in [6, 6.07) is 3.21. The Morgan fingerprint density at radius 1 is 1.31 bits per heavy atom. The van der Waals surface area contributed by atoms with E-state index in [-0.39, 0.29) is 11.1 Å². The fraction of sp³-hybridized carbons (Fsp3) is 0.471. The van der Waals surface area contributed by atoms with E-state index in [4.69, 9.17) is 4.98 Å². The number of amides is 1. The third kappa shape index (κ3) is 2.51. The average molecular weight is 356 g/mol. The summed E-state index contributed by atoms with van der Waals surface area (Å²) in [6.07, 6.45) is 3.60. The number of carbonyl (C=O) groups is 1. The maximum absolute atomic E-state index is 12.6. The van der Waals surface area contributed by atoms with Crippen LogP contribution in [0.4, 0.5) is 10.7 Å². The molecule has 1 N–H and O–H groups in total. The van der Waals surface area contributed by atoms with Crippen molar-refractivity contribution < 1.29 is 9.90 Å². The van der Waals surface area contributed by atoms with Crippen molar-refractivity contribution in [3.63, 3.8) is 0 Å². The van der Waals surface area contributed by atoms with Gasteiger partial charge in [0.05, 0.1) is 16.9 Å². The fourth-order valence-corrected chi connectivity index (χ4v) is 4.07. The lowest BCUT2D eigenvalue weighted by Crippen LogP contribution is -2.57. The molecule has 1 spiro atoms. The molecule has 1 unspecified atom stereocenters. The minimum Gasteiger partial charge on any atom is -0.465 e. The van der Waals surface area contributed by atoms with Gasteiger partial charge in [-0.15, -0.1) is 0 Å². The number of nitrogens with zero attached hydrogens (tertiary/aromatic N) is 6. The maximum Gasteiger partial charge on any atom is 0.407 e. The molecule has 0 aliphatic carbocycles. The quantitative estimate of drug-likeness (QED) is 0.857. The Balaban J connectivity index is 1.79. The molecule has 2 aliphatic rings. The summed E-state index contributed by atoms with van der Waals surface area (Å²) in [6.45, 7) is 4.12. The standard InChI is InChI=1S/C17H20N6O3/c1-2-23-15-20-13(12-3-6-18-11-19-12)9-14(24)22(15)8-5-17(23)4-7-21(10-17)16(25)26/h3,6,9,11H,2,4-5,7-8,10H2,1H3,(H,25,26). The third-order valence-electron chi connectivity index (χ3n) is 5.37. The predicted octanol–water partition coefficient (Wildman–Crippen LogP) is 1.05. The molecule has 2 aromatic heterocycles. The van der Waals surface area contributed by atoms with Crippen LogP contribution in [0.1, 0.15) is 19.8 Å². The summed E-state index contributed by atoms with van der Waals surface area (Å²) >= 11 is 0. The van der Waals surface area contributed by atoms with Crippen LogP contribution in [-0.4, -0.2) is 60.8 Å². The van der Waals surface area contributed by atoms with Gasteiger partial charge in [-0.3, -0.25) is 9.36 Å². The second kappa shape index (κ2) is 6.08. The molecule has 2 aliphatic heterocycles. The Bertz CT molecular complexity index is 899. The molecule has 1 saturated heterocycles. The first-order valence-electron chi connectivity index (χ1n) is 8.68. The number of aromatic nitrogens is 4. The van der Waals surface area contributed by atoms with Crippen LogP contribution >= 0.6 is 0 Å². The van der Waals surface area contributed by atoms with Crippen molar-refractivity contribution in [2.24, 2.45) is 0 Å². The molecular weight excluding hydrogens is 336 g/mol. The van der Waals surface area contributed by atoms with Crippen LogP contribution in [0.25, 0.3) is 11.4 Å². The minimum atomic E-state index is -0.899. The summed E-state index contributed by atoms with van der Waals surface area (Å²) in [5, 5.41) is 9.34. The number of hydrogen-bond donors (Lipinski definition) is 1. The lowest BCUT2D eigenvalue weighted by molar-refractivity contribution is 0.151. The Hall–Kier alpha value is -2.97. The van der Waals surface area contributed by atoms with Crippen molar-refractivity contribution in [3.8, 4) is 11.4 Å². The van der Waals surface area contributed by atoms with Crippen LogP contribution < -0.4 is 10.5 Å². The molecule has 1 amide bonds. The minimum absolute atomic E-state index is 0.120. The molecule has 0 saturated carbocycles. The van der Waals surface area contributed by atoms with E-state index in [9.17, 15) is 14.7 Å². The van der Waals surface area contributed by atoms with E-state index in [1.165, 1.54) is 17.3 Å².